The predicted octanol–water partition coefficient (Wildman–Crippen LogP) is -2.98. The molecule has 0 aromatic rings. The molecule has 5 unspecified atom stereocenters. The van der Waals surface area contributed by atoms with Gasteiger partial charge in [-0.15, -0.1) is 0 Å². The van der Waals surface area contributed by atoms with Gasteiger partial charge < -0.3 is 42.7 Å². The normalized spacial score (nSPS) is 15.3. The summed E-state index contributed by atoms with van der Waals surface area (Å²) in [6, 6.07) is -5.46. The number of carboxylic acid groups (broad SMARTS) is 2. The van der Waals surface area contributed by atoms with Crippen molar-refractivity contribution in [1.82, 2.24) is 16.0 Å². The van der Waals surface area contributed by atoms with Crippen molar-refractivity contribution in [2.24, 2.45) is 17.4 Å². The molecular weight excluding hydrogens is 442 g/mol. The van der Waals surface area contributed by atoms with Crippen LogP contribution >= 0.6 is 0 Å². The second kappa shape index (κ2) is 14.7. The van der Waals surface area contributed by atoms with Crippen LogP contribution in [0.4, 0.5) is 0 Å². The van der Waals surface area contributed by atoms with Crippen molar-refractivity contribution < 1.29 is 44.1 Å². The first kappa shape index (κ1) is 29.7. The van der Waals surface area contributed by atoms with Gasteiger partial charge in [0, 0.05) is 12.8 Å². The molecule has 0 radical (unpaired) electrons. The number of amides is 4. The summed E-state index contributed by atoms with van der Waals surface area (Å²) in [6.07, 6.45) is -0.741. The summed E-state index contributed by atoms with van der Waals surface area (Å²) < 4.78 is 0. The second-order valence-electron chi connectivity index (χ2n) is 7.56. The third-order valence-corrected chi connectivity index (χ3v) is 4.91. The van der Waals surface area contributed by atoms with E-state index in [2.05, 4.69) is 16.0 Å². The van der Waals surface area contributed by atoms with Gasteiger partial charge in [0.1, 0.15) is 18.1 Å². The molecule has 5 atom stereocenters. The molecule has 14 nitrogen and oxygen atoms in total. The minimum Gasteiger partial charge on any atom is -0.481 e. The van der Waals surface area contributed by atoms with E-state index in [9.17, 15) is 39.0 Å². The fourth-order valence-corrected chi connectivity index (χ4v) is 2.65. The molecule has 14 heteroatoms. The van der Waals surface area contributed by atoms with Crippen molar-refractivity contribution in [2.45, 2.75) is 70.1 Å². The Kier molecular flexibility index (Phi) is 13.3. The van der Waals surface area contributed by atoms with Crippen molar-refractivity contribution in [3.63, 3.8) is 0 Å². The Labute approximate surface area is 190 Å². The SMILES string of the molecule is CCC(C)C(NC(=O)C(CCC(=O)O)NC(=O)C(CO)NC(=O)C(N)CCC(N)=O)C(=O)O. The lowest BCUT2D eigenvalue weighted by atomic mass is 9.98. The zero-order chi connectivity index (χ0) is 25.7. The molecule has 0 aliphatic rings. The maximum absolute atomic E-state index is 12.6. The minimum absolute atomic E-state index is 0.100. The van der Waals surface area contributed by atoms with Crippen LogP contribution in [0, 0.1) is 5.92 Å². The van der Waals surface area contributed by atoms with Crippen molar-refractivity contribution in [3.8, 4) is 0 Å². The summed E-state index contributed by atoms with van der Waals surface area (Å²) >= 11 is 0. The maximum Gasteiger partial charge on any atom is 0.326 e. The van der Waals surface area contributed by atoms with Crippen LogP contribution in [0.1, 0.15) is 46.0 Å². The van der Waals surface area contributed by atoms with Crippen LogP contribution in [0.3, 0.4) is 0 Å². The van der Waals surface area contributed by atoms with Crippen molar-refractivity contribution in [3.05, 3.63) is 0 Å². The van der Waals surface area contributed by atoms with Gasteiger partial charge >= 0.3 is 11.9 Å². The van der Waals surface area contributed by atoms with E-state index in [0.717, 1.165) is 0 Å². The van der Waals surface area contributed by atoms with Crippen LogP contribution < -0.4 is 27.4 Å². The van der Waals surface area contributed by atoms with E-state index in [1.54, 1.807) is 13.8 Å². The zero-order valence-corrected chi connectivity index (χ0v) is 18.6. The highest BCUT2D eigenvalue weighted by Gasteiger charge is 2.32. The van der Waals surface area contributed by atoms with E-state index < -0.39 is 78.7 Å². The third kappa shape index (κ3) is 11.2. The summed E-state index contributed by atoms with van der Waals surface area (Å²) in [4.78, 5) is 70.4. The Hall–Kier alpha value is -3.26. The smallest absolute Gasteiger partial charge is 0.326 e. The Morgan fingerprint density at radius 1 is 0.848 bits per heavy atom. The number of aliphatic hydroxyl groups excluding tert-OH is 1. The molecule has 0 fully saturated rings. The number of rotatable bonds is 16. The minimum atomic E-state index is -1.54. The Morgan fingerprint density at radius 2 is 1.39 bits per heavy atom. The van der Waals surface area contributed by atoms with Gasteiger partial charge in [-0.25, -0.2) is 4.79 Å². The molecule has 0 aliphatic carbocycles. The topological polar surface area (TPSA) is 251 Å². The first-order valence-corrected chi connectivity index (χ1v) is 10.3. The highest BCUT2D eigenvalue weighted by molar-refractivity contribution is 5.94. The predicted molar refractivity (Wildman–Crippen MR) is 113 cm³/mol. The second-order valence-corrected chi connectivity index (χ2v) is 7.56. The molecule has 0 spiro atoms. The molecule has 33 heavy (non-hydrogen) atoms. The molecule has 4 amide bonds. The molecule has 0 aliphatic heterocycles. The molecule has 0 bridgehead atoms. The summed E-state index contributed by atoms with van der Waals surface area (Å²) in [6.45, 7) is 2.44. The molecule has 10 N–H and O–H groups in total. The van der Waals surface area contributed by atoms with Crippen LogP contribution in [-0.2, 0) is 28.8 Å². The van der Waals surface area contributed by atoms with Crippen molar-refractivity contribution in [1.29, 1.82) is 0 Å². The van der Waals surface area contributed by atoms with E-state index in [1.807, 2.05) is 0 Å². The number of carbonyl (C=O) groups excluding carboxylic acids is 4. The highest BCUT2D eigenvalue weighted by atomic mass is 16.4. The number of primary amides is 1. The van der Waals surface area contributed by atoms with E-state index in [1.165, 1.54) is 0 Å². The number of hydrogen-bond donors (Lipinski definition) is 8. The van der Waals surface area contributed by atoms with Crippen molar-refractivity contribution in [2.75, 3.05) is 6.61 Å². The van der Waals surface area contributed by atoms with Gasteiger partial charge in [0.2, 0.25) is 23.6 Å². The Morgan fingerprint density at radius 3 is 1.85 bits per heavy atom. The first-order chi connectivity index (χ1) is 15.3. The lowest BCUT2D eigenvalue weighted by molar-refractivity contribution is -0.144. The number of hydrogen-bond acceptors (Lipinski definition) is 8. The standard InChI is InChI=1S/C19H33N5O9/c1-3-9(2)15(19(32)33)24-17(30)11(5-7-14(27)28)22-18(31)12(8-25)23-16(29)10(20)4-6-13(21)26/h9-12,15,25H,3-8,20H2,1-2H3,(H2,21,26)(H,22,31)(H,23,29)(H,24,30)(H,27,28)(H,32,33). The van der Waals surface area contributed by atoms with Crippen LogP contribution in [0.25, 0.3) is 0 Å². The Bertz CT molecular complexity index is 730. The summed E-state index contributed by atoms with van der Waals surface area (Å²) in [5.41, 5.74) is 10.6. The summed E-state index contributed by atoms with van der Waals surface area (Å²) in [5.74, 6) is -6.50. The van der Waals surface area contributed by atoms with Gasteiger partial charge in [0.25, 0.3) is 0 Å². The molecule has 0 aromatic heterocycles. The molecule has 0 aromatic carbocycles. The third-order valence-electron chi connectivity index (χ3n) is 4.91. The van der Waals surface area contributed by atoms with E-state index in [0.29, 0.717) is 6.42 Å². The lowest BCUT2D eigenvalue weighted by Gasteiger charge is -2.25. The van der Waals surface area contributed by atoms with E-state index in [-0.39, 0.29) is 19.3 Å². The Balaban J connectivity index is 5.35. The van der Waals surface area contributed by atoms with Crippen molar-refractivity contribution >= 4 is 35.6 Å². The summed E-state index contributed by atoms with van der Waals surface area (Å²) in [7, 11) is 0. The summed E-state index contributed by atoms with van der Waals surface area (Å²) in [5, 5.41) is 34.4. The van der Waals surface area contributed by atoms with Gasteiger partial charge in [0.15, 0.2) is 0 Å². The van der Waals surface area contributed by atoms with E-state index in [4.69, 9.17) is 16.6 Å². The lowest BCUT2D eigenvalue weighted by Crippen LogP contribution is -2.58. The number of nitrogens with two attached hydrogens (primary N) is 2. The number of carboxylic acids is 2. The highest BCUT2D eigenvalue weighted by Crippen LogP contribution is 2.09. The fourth-order valence-electron chi connectivity index (χ4n) is 2.65. The largest absolute Gasteiger partial charge is 0.481 e. The molecule has 0 saturated carbocycles. The number of aliphatic hydroxyl groups is 1. The average Bonchev–Trinajstić information content (AvgIpc) is 2.75. The zero-order valence-electron chi connectivity index (χ0n) is 18.6. The molecule has 0 heterocycles. The van der Waals surface area contributed by atoms with Crippen LogP contribution in [0.5, 0.6) is 0 Å². The number of nitrogens with one attached hydrogen (secondary N) is 3. The van der Waals surface area contributed by atoms with Gasteiger partial charge in [-0.05, 0) is 18.8 Å². The average molecular weight is 475 g/mol. The van der Waals surface area contributed by atoms with Gasteiger partial charge in [-0.3, -0.25) is 24.0 Å². The van der Waals surface area contributed by atoms with Gasteiger partial charge in [-0.1, -0.05) is 20.3 Å². The number of carbonyl (C=O) groups is 6. The fraction of sp³-hybridized carbons (Fsp3) is 0.684. The van der Waals surface area contributed by atoms with Crippen LogP contribution in [0.15, 0.2) is 0 Å². The van der Waals surface area contributed by atoms with Gasteiger partial charge in [-0.2, -0.15) is 0 Å². The van der Waals surface area contributed by atoms with Crippen LogP contribution in [-0.4, -0.2) is 81.7 Å². The monoisotopic (exact) mass is 475 g/mol. The maximum atomic E-state index is 12.6. The molecule has 0 rings (SSSR count). The first-order valence-electron chi connectivity index (χ1n) is 10.3. The van der Waals surface area contributed by atoms with Crippen LogP contribution in [0.2, 0.25) is 0 Å². The number of aliphatic carboxylic acids is 2. The molecule has 0 saturated heterocycles. The van der Waals surface area contributed by atoms with E-state index >= 15 is 0 Å². The molecule has 188 valence electrons. The quantitative estimate of drug-likeness (QED) is 0.112. The molecular formula is C19H33N5O9. The van der Waals surface area contributed by atoms with Gasteiger partial charge in [0.05, 0.1) is 12.6 Å².